The number of likely N-dealkylation sites (tertiary alicyclic amines) is 1. The van der Waals surface area contributed by atoms with Crippen molar-refractivity contribution < 1.29 is 4.79 Å². The van der Waals surface area contributed by atoms with Crippen LogP contribution in [0.25, 0.3) is 0 Å². The molecule has 1 rings (SSSR count). The minimum absolute atomic E-state index is 0. The number of nitrogens with zero attached hydrogens (tertiary/aromatic N) is 1. The van der Waals surface area contributed by atoms with Gasteiger partial charge in [0.05, 0.1) is 6.04 Å². The van der Waals surface area contributed by atoms with E-state index in [0.29, 0.717) is 6.54 Å². The van der Waals surface area contributed by atoms with E-state index in [9.17, 15) is 4.79 Å². The summed E-state index contributed by atoms with van der Waals surface area (Å²) in [6.45, 7) is 13.7. The summed E-state index contributed by atoms with van der Waals surface area (Å²) in [6, 6.07) is -0.393. The number of hydrogen-bond donors (Lipinski definition) is 2. The molecule has 3 N–H and O–H groups in total. The van der Waals surface area contributed by atoms with Crippen LogP contribution in [-0.4, -0.2) is 42.0 Å². The second-order valence-electron chi connectivity index (χ2n) is 7.13. The standard InChI is InChI=1S/C16H33N3O.ClH/c1-6-13(3)14(17)15(20)18-11-16(4,5)19-9-7-8-12(2)10-19;/h12-14H,6-11,17H2,1-5H3,(H,18,20);1H. The lowest BCUT2D eigenvalue weighted by atomic mass is 9.93. The number of piperidine rings is 1. The third kappa shape index (κ3) is 6.13. The summed E-state index contributed by atoms with van der Waals surface area (Å²) in [7, 11) is 0. The van der Waals surface area contributed by atoms with E-state index >= 15 is 0 Å². The van der Waals surface area contributed by atoms with Crippen molar-refractivity contribution in [1.29, 1.82) is 0 Å². The largest absolute Gasteiger partial charge is 0.353 e. The predicted octanol–water partition coefficient (Wildman–Crippen LogP) is 2.41. The average Bonchev–Trinajstić information content (AvgIpc) is 2.43. The van der Waals surface area contributed by atoms with Crippen LogP contribution in [0.3, 0.4) is 0 Å². The fourth-order valence-corrected chi connectivity index (χ4v) is 2.78. The van der Waals surface area contributed by atoms with Gasteiger partial charge in [-0.05, 0) is 45.1 Å². The Morgan fingerprint density at radius 3 is 2.62 bits per heavy atom. The molecule has 0 radical (unpaired) electrons. The third-order valence-corrected chi connectivity index (χ3v) is 4.77. The highest BCUT2D eigenvalue weighted by Crippen LogP contribution is 2.23. The lowest BCUT2D eigenvalue weighted by Gasteiger charge is -2.43. The van der Waals surface area contributed by atoms with Gasteiger partial charge in [0.15, 0.2) is 0 Å². The fraction of sp³-hybridized carbons (Fsp3) is 0.938. The molecule has 3 unspecified atom stereocenters. The Kier molecular flexibility index (Phi) is 8.83. The van der Waals surface area contributed by atoms with Crippen LogP contribution in [0.5, 0.6) is 0 Å². The van der Waals surface area contributed by atoms with Gasteiger partial charge in [-0.2, -0.15) is 0 Å². The van der Waals surface area contributed by atoms with Crippen LogP contribution in [0.2, 0.25) is 0 Å². The topological polar surface area (TPSA) is 58.4 Å². The molecule has 3 atom stereocenters. The maximum atomic E-state index is 12.1. The minimum Gasteiger partial charge on any atom is -0.353 e. The molecule has 0 aromatic carbocycles. The van der Waals surface area contributed by atoms with E-state index in [1.165, 1.54) is 12.8 Å². The molecule has 126 valence electrons. The van der Waals surface area contributed by atoms with Crippen molar-refractivity contribution in [2.45, 2.75) is 65.5 Å². The van der Waals surface area contributed by atoms with Gasteiger partial charge in [-0.15, -0.1) is 12.4 Å². The first-order valence-corrected chi connectivity index (χ1v) is 8.06. The molecular formula is C16H34ClN3O. The van der Waals surface area contributed by atoms with Crippen molar-refractivity contribution in [2.24, 2.45) is 17.6 Å². The van der Waals surface area contributed by atoms with Gasteiger partial charge in [0.1, 0.15) is 0 Å². The molecule has 0 bridgehead atoms. The van der Waals surface area contributed by atoms with Crippen LogP contribution in [0.15, 0.2) is 0 Å². The minimum atomic E-state index is -0.393. The van der Waals surface area contributed by atoms with E-state index in [1.54, 1.807) is 0 Å². The second kappa shape index (κ2) is 8.96. The molecular weight excluding hydrogens is 286 g/mol. The quantitative estimate of drug-likeness (QED) is 0.790. The molecule has 1 aliphatic heterocycles. The Labute approximate surface area is 136 Å². The number of amides is 1. The lowest BCUT2D eigenvalue weighted by Crippen LogP contribution is -2.56. The van der Waals surface area contributed by atoms with Crippen LogP contribution < -0.4 is 11.1 Å². The molecule has 1 saturated heterocycles. The first kappa shape index (κ1) is 20.7. The van der Waals surface area contributed by atoms with Crippen LogP contribution in [0, 0.1) is 11.8 Å². The maximum absolute atomic E-state index is 12.1. The van der Waals surface area contributed by atoms with Gasteiger partial charge in [-0.1, -0.05) is 27.2 Å². The van der Waals surface area contributed by atoms with Crippen LogP contribution in [-0.2, 0) is 4.79 Å². The highest BCUT2D eigenvalue weighted by atomic mass is 35.5. The molecule has 0 aliphatic carbocycles. The van der Waals surface area contributed by atoms with Crippen molar-refractivity contribution in [3.05, 3.63) is 0 Å². The van der Waals surface area contributed by atoms with E-state index in [4.69, 9.17) is 5.73 Å². The molecule has 1 fully saturated rings. The Hall–Kier alpha value is -0.320. The highest BCUT2D eigenvalue weighted by Gasteiger charge is 2.31. The first-order chi connectivity index (χ1) is 9.27. The van der Waals surface area contributed by atoms with Crippen molar-refractivity contribution in [3.63, 3.8) is 0 Å². The van der Waals surface area contributed by atoms with Gasteiger partial charge < -0.3 is 11.1 Å². The molecule has 0 saturated carbocycles. The van der Waals surface area contributed by atoms with Crippen LogP contribution in [0.4, 0.5) is 0 Å². The van der Waals surface area contributed by atoms with E-state index < -0.39 is 6.04 Å². The van der Waals surface area contributed by atoms with Crippen LogP contribution >= 0.6 is 12.4 Å². The number of nitrogens with one attached hydrogen (secondary N) is 1. The summed E-state index contributed by atoms with van der Waals surface area (Å²) in [5, 5.41) is 3.04. The SMILES string of the molecule is CCC(C)C(N)C(=O)NCC(C)(C)N1CCCC(C)C1.Cl. The number of halogens is 1. The van der Waals surface area contributed by atoms with Crippen molar-refractivity contribution >= 4 is 18.3 Å². The van der Waals surface area contributed by atoms with E-state index in [2.05, 4.69) is 37.9 Å². The van der Waals surface area contributed by atoms with Gasteiger partial charge in [0.2, 0.25) is 5.91 Å². The van der Waals surface area contributed by atoms with Crippen LogP contribution in [0.1, 0.15) is 53.9 Å². The van der Waals surface area contributed by atoms with E-state index in [1.807, 2.05) is 6.92 Å². The molecule has 5 heteroatoms. The number of rotatable bonds is 6. The summed E-state index contributed by atoms with van der Waals surface area (Å²) in [5.74, 6) is 0.965. The monoisotopic (exact) mass is 319 g/mol. The molecule has 1 amide bonds. The normalized spacial score (nSPS) is 23.0. The number of nitrogens with two attached hydrogens (primary N) is 1. The van der Waals surface area contributed by atoms with Crippen molar-refractivity contribution in [3.8, 4) is 0 Å². The Morgan fingerprint density at radius 1 is 1.48 bits per heavy atom. The summed E-state index contributed by atoms with van der Waals surface area (Å²) < 4.78 is 0. The third-order valence-electron chi connectivity index (χ3n) is 4.77. The van der Waals surface area contributed by atoms with Crippen molar-refractivity contribution in [1.82, 2.24) is 10.2 Å². The zero-order chi connectivity index (χ0) is 15.3. The molecule has 1 aliphatic rings. The summed E-state index contributed by atoms with van der Waals surface area (Å²) in [6.07, 6.45) is 3.50. The number of carbonyl (C=O) groups is 1. The highest BCUT2D eigenvalue weighted by molar-refractivity contribution is 5.85. The van der Waals surface area contributed by atoms with Gasteiger partial charge in [-0.25, -0.2) is 0 Å². The predicted molar refractivity (Wildman–Crippen MR) is 91.7 cm³/mol. The van der Waals surface area contributed by atoms with Crippen molar-refractivity contribution in [2.75, 3.05) is 19.6 Å². The van der Waals surface area contributed by atoms with Gasteiger partial charge >= 0.3 is 0 Å². The number of hydrogen-bond acceptors (Lipinski definition) is 3. The summed E-state index contributed by atoms with van der Waals surface area (Å²) in [4.78, 5) is 14.6. The summed E-state index contributed by atoms with van der Waals surface area (Å²) in [5.41, 5.74) is 5.97. The zero-order valence-electron chi connectivity index (χ0n) is 14.3. The van der Waals surface area contributed by atoms with E-state index in [-0.39, 0.29) is 29.8 Å². The first-order valence-electron chi connectivity index (χ1n) is 8.06. The van der Waals surface area contributed by atoms with Gasteiger partial charge in [0.25, 0.3) is 0 Å². The molecule has 1 heterocycles. The molecule has 0 spiro atoms. The smallest absolute Gasteiger partial charge is 0.237 e. The summed E-state index contributed by atoms with van der Waals surface area (Å²) >= 11 is 0. The zero-order valence-corrected chi connectivity index (χ0v) is 15.1. The Balaban J connectivity index is 0.00000400. The van der Waals surface area contributed by atoms with Gasteiger partial charge in [-0.3, -0.25) is 9.69 Å². The number of carbonyl (C=O) groups excluding carboxylic acids is 1. The van der Waals surface area contributed by atoms with E-state index in [0.717, 1.165) is 25.4 Å². The fourth-order valence-electron chi connectivity index (χ4n) is 2.78. The second-order valence-corrected chi connectivity index (χ2v) is 7.13. The van der Waals surface area contributed by atoms with Gasteiger partial charge in [0, 0.05) is 18.6 Å². The average molecular weight is 320 g/mol. The lowest BCUT2D eigenvalue weighted by molar-refractivity contribution is -0.124. The maximum Gasteiger partial charge on any atom is 0.237 e. The molecule has 0 aromatic heterocycles. The Bertz CT molecular complexity index is 323. The molecule has 21 heavy (non-hydrogen) atoms. The molecule has 0 aromatic rings. The Morgan fingerprint density at radius 2 is 2.10 bits per heavy atom. The molecule has 4 nitrogen and oxygen atoms in total.